The Labute approximate surface area is 125 Å². The highest BCUT2D eigenvalue weighted by molar-refractivity contribution is 7.88. The Morgan fingerprint density at radius 3 is 2.33 bits per heavy atom. The van der Waals surface area contributed by atoms with Crippen molar-refractivity contribution in [3.8, 4) is 0 Å². The van der Waals surface area contributed by atoms with Crippen molar-refractivity contribution in [2.75, 3.05) is 7.05 Å². The Morgan fingerprint density at radius 1 is 1.10 bits per heavy atom. The minimum absolute atomic E-state index is 0.0281. The van der Waals surface area contributed by atoms with Crippen LogP contribution in [0, 0.1) is 0 Å². The number of aryl methyl sites for hydroxylation is 1. The second-order valence-electron chi connectivity index (χ2n) is 4.91. The molecule has 2 rings (SSSR count). The smallest absolute Gasteiger partial charge is 0.216 e. The van der Waals surface area contributed by atoms with Gasteiger partial charge in [0.1, 0.15) is 0 Å². The molecule has 0 saturated heterocycles. The van der Waals surface area contributed by atoms with Gasteiger partial charge in [-0.1, -0.05) is 24.3 Å². The molecule has 0 fully saturated rings. The van der Waals surface area contributed by atoms with Gasteiger partial charge >= 0.3 is 0 Å². The number of nitrogens with zero attached hydrogens (tertiary/aromatic N) is 2. The van der Waals surface area contributed by atoms with Crippen molar-refractivity contribution in [2.45, 2.75) is 18.8 Å². The minimum Gasteiger partial charge on any atom is -0.316 e. The number of rotatable bonds is 7. The van der Waals surface area contributed by atoms with Gasteiger partial charge in [0, 0.05) is 19.8 Å². The van der Waals surface area contributed by atoms with Crippen LogP contribution in [-0.4, -0.2) is 25.2 Å². The van der Waals surface area contributed by atoms with Gasteiger partial charge in [-0.25, -0.2) is 13.1 Å². The van der Waals surface area contributed by atoms with Gasteiger partial charge in [-0.05, 0) is 24.2 Å². The first-order valence-corrected chi connectivity index (χ1v) is 8.32. The molecule has 0 atom stereocenters. The summed E-state index contributed by atoms with van der Waals surface area (Å²) in [4.78, 5) is 0. The maximum atomic E-state index is 12.0. The summed E-state index contributed by atoms with van der Waals surface area (Å²) >= 11 is 0. The van der Waals surface area contributed by atoms with E-state index in [0.717, 1.165) is 17.7 Å². The second kappa shape index (κ2) is 6.84. The molecule has 0 saturated carbocycles. The Hall–Kier alpha value is -1.70. The predicted molar refractivity (Wildman–Crippen MR) is 81.9 cm³/mol. The highest BCUT2D eigenvalue weighted by Gasteiger charge is 2.12. The molecule has 0 radical (unpaired) electrons. The molecule has 7 heteroatoms. The molecule has 1 heterocycles. The summed E-state index contributed by atoms with van der Waals surface area (Å²) in [6, 6.07) is 9.33. The number of aromatic nitrogens is 2. The third kappa shape index (κ3) is 4.96. The first kappa shape index (κ1) is 15.7. The Kier molecular flexibility index (Phi) is 5.11. The van der Waals surface area contributed by atoms with Gasteiger partial charge in [-0.15, -0.1) is 0 Å². The van der Waals surface area contributed by atoms with Gasteiger partial charge in [-0.3, -0.25) is 4.68 Å². The molecule has 2 N–H and O–H groups in total. The molecule has 0 bridgehead atoms. The summed E-state index contributed by atoms with van der Waals surface area (Å²) in [5.74, 6) is -0.0281. The van der Waals surface area contributed by atoms with Crippen molar-refractivity contribution in [3.63, 3.8) is 0 Å². The van der Waals surface area contributed by atoms with Gasteiger partial charge in [-0.2, -0.15) is 5.10 Å². The fraction of sp³-hybridized carbons (Fsp3) is 0.357. The van der Waals surface area contributed by atoms with Crippen LogP contribution < -0.4 is 10.0 Å². The molecule has 2 aromatic rings. The normalized spacial score (nSPS) is 11.7. The molecule has 114 valence electrons. The highest BCUT2D eigenvalue weighted by Crippen LogP contribution is 2.08. The summed E-state index contributed by atoms with van der Waals surface area (Å²) < 4.78 is 28.3. The summed E-state index contributed by atoms with van der Waals surface area (Å²) in [5.41, 5.74) is 2.59. The zero-order valence-corrected chi connectivity index (χ0v) is 13.0. The number of benzene rings is 1. The van der Waals surface area contributed by atoms with E-state index in [-0.39, 0.29) is 12.3 Å². The van der Waals surface area contributed by atoms with Crippen molar-refractivity contribution in [1.82, 2.24) is 19.8 Å². The van der Waals surface area contributed by atoms with E-state index < -0.39 is 10.0 Å². The van der Waals surface area contributed by atoms with Crippen molar-refractivity contribution < 1.29 is 8.42 Å². The van der Waals surface area contributed by atoms with Crippen LogP contribution in [0.3, 0.4) is 0 Å². The quantitative estimate of drug-likeness (QED) is 0.792. The van der Waals surface area contributed by atoms with Crippen molar-refractivity contribution in [2.24, 2.45) is 7.05 Å². The van der Waals surface area contributed by atoms with E-state index in [0.29, 0.717) is 5.69 Å². The lowest BCUT2D eigenvalue weighted by atomic mass is 10.1. The van der Waals surface area contributed by atoms with Crippen LogP contribution in [0.1, 0.15) is 16.8 Å². The molecule has 0 unspecified atom stereocenters. The molecule has 0 spiro atoms. The van der Waals surface area contributed by atoms with E-state index >= 15 is 0 Å². The van der Waals surface area contributed by atoms with Crippen LogP contribution in [0.15, 0.2) is 36.5 Å². The summed E-state index contributed by atoms with van der Waals surface area (Å²) in [7, 11) is 0.308. The average molecular weight is 308 g/mol. The van der Waals surface area contributed by atoms with Gasteiger partial charge < -0.3 is 5.32 Å². The molecular formula is C14H20N4O2S. The Morgan fingerprint density at radius 2 is 1.76 bits per heavy atom. The highest BCUT2D eigenvalue weighted by atomic mass is 32.2. The van der Waals surface area contributed by atoms with E-state index in [9.17, 15) is 8.42 Å². The fourth-order valence-electron chi connectivity index (χ4n) is 1.97. The summed E-state index contributed by atoms with van der Waals surface area (Å²) in [6.45, 7) is 0.978. The predicted octanol–water partition coefficient (Wildman–Crippen LogP) is 0.759. The van der Waals surface area contributed by atoms with E-state index in [1.807, 2.05) is 31.3 Å². The van der Waals surface area contributed by atoms with Gasteiger partial charge in [0.05, 0.1) is 18.0 Å². The first-order chi connectivity index (χ1) is 9.98. The van der Waals surface area contributed by atoms with Gasteiger partial charge in [0.2, 0.25) is 10.0 Å². The molecule has 1 aromatic carbocycles. The maximum absolute atomic E-state index is 12.0. The molecule has 21 heavy (non-hydrogen) atoms. The monoisotopic (exact) mass is 308 g/mol. The third-order valence-corrected chi connectivity index (χ3v) is 4.30. The lowest BCUT2D eigenvalue weighted by molar-refractivity contribution is 0.578. The molecule has 0 amide bonds. The number of hydrogen-bond acceptors (Lipinski definition) is 4. The SMILES string of the molecule is CNCc1ccc(CS(=O)(=O)NCc2ccn(C)n2)cc1. The Bertz CT molecular complexity index is 677. The zero-order valence-electron chi connectivity index (χ0n) is 12.2. The van der Waals surface area contributed by atoms with Crippen LogP contribution >= 0.6 is 0 Å². The first-order valence-electron chi connectivity index (χ1n) is 6.67. The van der Waals surface area contributed by atoms with E-state index in [2.05, 4.69) is 15.1 Å². The van der Waals surface area contributed by atoms with E-state index in [1.54, 1.807) is 24.0 Å². The van der Waals surface area contributed by atoms with E-state index in [4.69, 9.17) is 0 Å². The second-order valence-corrected chi connectivity index (χ2v) is 6.71. The number of nitrogens with one attached hydrogen (secondary N) is 2. The van der Waals surface area contributed by atoms with Gasteiger partial charge in [0.25, 0.3) is 0 Å². The molecule has 6 nitrogen and oxygen atoms in total. The number of sulfonamides is 1. The molecule has 0 aliphatic carbocycles. The topological polar surface area (TPSA) is 76.0 Å². The van der Waals surface area contributed by atoms with Crippen LogP contribution in [-0.2, 0) is 35.9 Å². The lowest BCUT2D eigenvalue weighted by Gasteiger charge is -2.06. The summed E-state index contributed by atoms with van der Waals surface area (Å²) in [5, 5.41) is 7.19. The zero-order chi connectivity index (χ0) is 15.3. The standard InChI is InChI=1S/C14H20N4O2S/c1-15-9-12-3-5-13(6-4-12)11-21(19,20)16-10-14-7-8-18(2)17-14/h3-8,15-16H,9-11H2,1-2H3. The maximum Gasteiger partial charge on any atom is 0.216 e. The van der Waals surface area contributed by atoms with Gasteiger partial charge in [0.15, 0.2) is 0 Å². The molecule has 1 aromatic heterocycles. The van der Waals surface area contributed by atoms with Crippen LogP contribution in [0.4, 0.5) is 0 Å². The Balaban J connectivity index is 1.93. The molecular weight excluding hydrogens is 288 g/mol. The van der Waals surface area contributed by atoms with Crippen LogP contribution in [0.2, 0.25) is 0 Å². The number of hydrogen-bond donors (Lipinski definition) is 2. The van der Waals surface area contributed by atoms with Crippen molar-refractivity contribution >= 4 is 10.0 Å². The average Bonchev–Trinajstić information content (AvgIpc) is 2.85. The van der Waals surface area contributed by atoms with E-state index in [1.165, 1.54) is 0 Å². The minimum atomic E-state index is -3.36. The fourth-order valence-corrected chi connectivity index (χ4v) is 3.07. The van der Waals surface area contributed by atoms with Crippen molar-refractivity contribution in [1.29, 1.82) is 0 Å². The summed E-state index contributed by atoms with van der Waals surface area (Å²) in [6.07, 6.45) is 1.78. The molecule has 0 aliphatic rings. The van der Waals surface area contributed by atoms with Crippen LogP contribution in [0.25, 0.3) is 0 Å². The third-order valence-electron chi connectivity index (χ3n) is 3.00. The largest absolute Gasteiger partial charge is 0.316 e. The van der Waals surface area contributed by atoms with Crippen molar-refractivity contribution in [3.05, 3.63) is 53.3 Å². The molecule has 0 aliphatic heterocycles. The van der Waals surface area contributed by atoms with Crippen LogP contribution in [0.5, 0.6) is 0 Å². The lowest BCUT2D eigenvalue weighted by Crippen LogP contribution is -2.25.